The third-order valence-electron chi connectivity index (χ3n) is 5.18. The summed E-state index contributed by atoms with van der Waals surface area (Å²) >= 11 is 0. The number of carbonyl (C=O) groups excluding carboxylic acids is 2. The fourth-order valence-electron chi connectivity index (χ4n) is 3.70. The first-order valence-electron chi connectivity index (χ1n) is 9.20. The molecular formula is C19H24F2N2O4. The molecule has 2 amide bonds. The molecule has 2 heterocycles. The van der Waals surface area contributed by atoms with Crippen LogP contribution in [0.2, 0.25) is 0 Å². The Morgan fingerprint density at radius 3 is 2.30 bits per heavy atom. The van der Waals surface area contributed by atoms with Gasteiger partial charge in [0.15, 0.2) is 11.5 Å². The van der Waals surface area contributed by atoms with Crippen LogP contribution >= 0.6 is 0 Å². The second-order valence-corrected chi connectivity index (χ2v) is 6.84. The van der Waals surface area contributed by atoms with E-state index in [0.717, 1.165) is 25.9 Å². The Morgan fingerprint density at radius 1 is 1.04 bits per heavy atom. The zero-order valence-electron chi connectivity index (χ0n) is 15.3. The van der Waals surface area contributed by atoms with Gasteiger partial charge in [0.1, 0.15) is 0 Å². The molecular weight excluding hydrogens is 358 g/mol. The van der Waals surface area contributed by atoms with E-state index >= 15 is 0 Å². The maximum atomic E-state index is 12.7. The minimum Gasteiger partial charge on any atom is -0.493 e. The van der Waals surface area contributed by atoms with Crippen LogP contribution in [0.5, 0.6) is 11.5 Å². The number of hydrogen-bond acceptors (Lipinski definition) is 4. The second-order valence-electron chi connectivity index (χ2n) is 6.84. The molecule has 0 bridgehead atoms. The van der Waals surface area contributed by atoms with Crippen molar-refractivity contribution in [2.45, 2.75) is 32.3 Å². The number of alkyl halides is 2. The number of amides is 2. The van der Waals surface area contributed by atoms with E-state index in [1.807, 2.05) is 4.90 Å². The van der Waals surface area contributed by atoms with Crippen molar-refractivity contribution < 1.29 is 27.8 Å². The summed E-state index contributed by atoms with van der Waals surface area (Å²) in [4.78, 5) is 28.8. The molecule has 8 heteroatoms. The second kappa shape index (κ2) is 8.54. The van der Waals surface area contributed by atoms with Gasteiger partial charge in [-0.05, 0) is 43.9 Å². The third kappa shape index (κ3) is 4.48. The standard InChI is InChI=1S/C19H24F2N2O4/c1-26-16-12-14(4-5-15(16)27-19(20)21)18(25)23-10-6-13(7-11-23)17(24)22-8-2-3-9-22/h4-5,12-13,19H,2-3,6-11H2,1H3. The molecule has 1 aromatic carbocycles. The molecule has 0 atom stereocenters. The third-order valence-corrected chi connectivity index (χ3v) is 5.18. The first-order chi connectivity index (χ1) is 13.0. The lowest BCUT2D eigenvalue weighted by atomic mass is 9.95. The SMILES string of the molecule is COc1cc(C(=O)N2CCC(C(=O)N3CCCC3)CC2)ccc1OC(F)F. The predicted molar refractivity (Wildman–Crippen MR) is 94.1 cm³/mol. The summed E-state index contributed by atoms with van der Waals surface area (Å²) < 4.78 is 34.3. The Balaban J connectivity index is 1.61. The molecule has 1 aromatic rings. The van der Waals surface area contributed by atoms with Gasteiger partial charge in [-0.3, -0.25) is 9.59 Å². The van der Waals surface area contributed by atoms with Crippen molar-refractivity contribution >= 4 is 11.8 Å². The molecule has 6 nitrogen and oxygen atoms in total. The van der Waals surface area contributed by atoms with Gasteiger partial charge in [-0.2, -0.15) is 8.78 Å². The quantitative estimate of drug-likeness (QED) is 0.786. The fourth-order valence-corrected chi connectivity index (χ4v) is 3.70. The van der Waals surface area contributed by atoms with Crippen molar-refractivity contribution in [1.82, 2.24) is 9.80 Å². The highest BCUT2D eigenvalue weighted by molar-refractivity contribution is 5.95. The van der Waals surface area contributed by atoms with Crippen LogP contribution in [0.3, 0.4) is 0 Å². The first kappa shape index (κ1) is 19.4. The molecule has 0 radical (unpaired) electrons. The number of ether oxygens (including phenoxy) is 2. The normalized spacial score (nSPS) is 18.1. The van der Waals surface area contributed by atoms with Crippen LogP contribution in [0.1, 0.15) is 36.0 Å². The highest BCUT2D eigenvalue weighted by Crippen LogP contribution is 2.30. The Bertz CT molecular complexity index is 684. The van der Waals surface area contributed by atoms with E-state index in [2.05, 4.69) is 4.74 Å². The minimum absolute atomic E-state index is 0.0245. The van der Waals surface area contributed by atoms with Crippen LogP contribution < -0.4 is 9.47 Å². The topological polar surface area (TPSA) is 59.1 Å². The van der Waals surface area contributed by atoms with E-state index in [4.69, 9.17) is 4.74 Å². The lowest BCUT2D eigenvalue weighted by Crippen LogP contribution is -2.43. The van der Waals surface area contributed by atoms with Crippen molar-refractivity contribution in [3.05, 3.63) is 23.8 Å². The van der Waals surface area contributed by atoms with Crippen molar-refractivity contribution in [3.63, 3.8) is 0 Å². The maximum Gasteiger partial charge on any atom is 0.387 e. The van der Waals surface area contributed by atoms with E-state index < -0.39 is 6.61 Å². The molecule has 2 aliphatic heterocycles. The molecule has 2 saturated heterocycles. The average Bonchev–Trinajstić information content (AvgIpc) is 3.21. The summed E-state index contributed by atoms with van der Waals surface area (Å²) in [5.74, 6) is -0.0542. The molecule has 2 aliphatic rings. The number of carbonyl (C=O) groups is 2. The van der Waals surface area contributed by atoms with Gasteiger partial charge in [0.25, 0.3) is 5.91 Å². The Labute approximate surface area is 157 Å². The van der Waals surface area contributed by atoms with E-state index in [1.54, 1.807) is 4.90 Å². The van der Waals surface area contributed by atoms with Gasteiger partial charge in [0, 0.05) is 37.7 Å². The highest BCUT2D eigenvalue weighted by Gasteiger charge is 2.31. The van der Waals surface area contributed by atoms with Crippen molar-refractivity contribution in [2.75, 3.05) is 33.3 Å². The van der Waals surface area contributed by atoms with Crippen LogP contribution in [0, 0.1) is 5.92 Å². The first-order valence-corrected chi connectivity index (χ1v) is 9.20. The number of halogens is 2. The summed E-state index contributed by atoms with van der Waals surface area (Å²) in [7, 11) is 1.33. The van der Waals surface area contributed by atoms with Gasteiger partial charge in [0.2, 0.25) is 5.91 Å². The van der Waals surface area contributed by atoms with E-state index in [1.165, 1.54) is 25.3 Å². The molecule has 0 saturated carbocycles. The van der Waals surface area contributed by atoms with Crippen molar-refractivity contribution in [3.8, 4) is 11.5 Å². The Morgan fingerprint density at radius 2 is 1.70 bits per heavy atom. The van der Waals surface area contributed by atoms with Gasteiger partial charge < -0.3 is 19.3 Å². The van der Waals surface area contributed by atoms with E-state index in [9.17, 15) is 18.4 Å². The van der Waals surface area contributed by atoms with Crippen LogP contribution in [0.15, 0.2) is 18.2 Å². The lowest BCUT2D eigenvalue weighted by Gasteiger charge is -2.33. The Hall–Kier alpha value is -2.38. The number of benzene rings is 1. The summed E-state index contributed by atoms with van der Waals surface area (Å²) in [6, 6.07) is 4.16. The summed E-state index contributed by atoms with van der Waals surface area (Å²) in [6.45, 7) is -0.288. The van der Waals surface area contributed by atoms with Gasteiger partial charge in [-0.25, -0.2) is 0 Å². The number of hydrogen-bond donors (Lipinski definition) is 0. The van der Waals surface area contributed by atoms with Gasteiger partial charge in [0.05, 0.1) is 7.11 Å². The Kier molecular flexibility index (Phi) is 6.13. The lowest BCUT2D eigenvalue weighted by molar-refractivity contribution is -0.135. The average molecular weight is 382 g/mol. The van der Waals surface area contributed by atoms with Crippen molar-refractivity contribution in [2.24, 2.45) is 5.92 Å². The van der Waals surface area contributed by atoms with Gasteiger partial charge in [-0.1, -0.05) is 0 Å². The van der Waals surface area contributed by atoms with Gasteiger partial charge >= 0.3 is 6.61 Å². The molecule has 27 heavy (non-hydrogen) atoms. The van der Waals surface area contributed by atoms with E-state index in [-0.39, 0.29) is 29.2 Å². The summed E-state index contributed by atoms with van der Waals surface area (Å²) in [5.41, 5.74) is 0.345. The molecule has 0 aromatic heterocycles. The number of rotatable bonds is 5. The van der Waals surface area contributed by atoms with Crippen LogP contribution in [-0.4, -0.2) is 61.5 Å². The monoisotopic (exact) mass is 382 g/mol. The van der Waals surface area contributed by atoms with Crippen molar-refractivity contribution in [1.29, 1.82) is 0 Å². The summed E-state index contributed by atoms with van der Waals surface area (Å²) in [6.07, 6.45) is 3.42. The molecule has 2 fully saturated rings. The van der Waals surface area contributed by atoms with Gasteiger partial charge in [-0.15, -0.1) is 0 Å². The smallest absolute Gasteiger partial charge is 0.387 e. The van der Waals surface area contributed by atoms with Crippen LogP contribution in [0.25, 0.3) is 0 Å². The molecule has 0 unspecified atom stereocenters. The van der Waals surface area contributed by atoms with Crippen LogP contribution in [-0.2, 0) is 4.79 Å². The summed E-state index contributed by atoms with van der Waals surface area (Å²) in [5, 5.41) is 0. The molecule has 3 rings (SSSR count). The number of methoxy groups -OCH3 is 1. The molecule has 0 N–H and O–H groups in total. The number of likely N-dealkylation sites (tertiary alicyclic amines) is 2. The van der Waals surface area contributed by atoms with Crippen LogP contribution in [0.4, 0.5) is 8.78 Å². The zero-order chi connectivity index (χ0) is 19.4. The molecule has 0 aliphatic carbocycles. The highest BCUT2D eigenvalue weighted by atomic mass is 19.3. The number of nitrogens with zero attached hydrogens (tertiary/aromatic N) is 2. The predicted octanol–water partition coefficient (Wildman–Crippen LogP) is 2.77. The fraction of sp³-hybridized carbons (Fsp3) is 0.579. The number of piperidine rings is 1. The molecule has 148 valence electrons. The zero-order valence-corrected chi connectivity index (χ0v) is 15.3. The largest absolute Gasteiger partial charge is 0.493 e. The molecule has 0 spiro atoms. The minimum atomic E-state index is -2.97. The van der Waals surface area contributed by atoms with E-state index in [0.29, 0.717) is 31.5 Å². The maximum absolute atomic E-state index is 12.7.